The van der Waals surface area contributed by atoms with Gasteiger partial charge in [0.2, 0.25) is 0 Å². The number of amides is 1. The molecule has 1 heterocycles. The van der Waals surface area contributed by atoms with Gasteiger partial charge in [-0.2, -0.15) is 0 Å². The highest BCUT2D eigenvalue weighted by Crippen LogP contribution is 2.58. The van der Waals surface area contributed by atoms with Gasteiger partial charge in [-0.05, 0) is 105 Å². The van der Waals surface area contributed by atoms with Gasteiger partial charge in [-0.1, -0.05) is 24.3 Å². The average molecular weight is 522 g/mol. The molecule has 1 aromatic heterocycles. The molecule has 0 radical (unpaired) electrons. The van der Waals surface area contributed by atoms with Crippen LogP contribution in [0.3, 0.4) is 0 Å². The predicted molar refractivity (Wildman–Crippen MR) is 147 cm³/mol. The van der Waals surface area contributed by atoms with Crippen molar-refractivity contribution in [3.05, 3.63) is 74.7 Å². The molecule has 0 bridgehead atoms. The molecule has 3 aromatic rings. The first-order valence-corrected chi connectivity index (χ1v) is 14.5. The maximum Gasteiger partial charge on any atom is 0.252 e. The third-order valence-electron chi connectivity index (χ3n) is 8.02. The van der Waals surface area contributed by atoms with Crippen LogP contribution in [-0.4, -0.2) is 24.0 Å². The number of halogens is 1. The van der Waals surface area contributed by atoms with Gasteiger partial charge in [-0.15, -0.1) is 23.1 Å². The number of hydrogen-bond acceptors (Lipinski definition) is 4. The Labute approximate surface area is 220 Å². The van der Waals surface area contributed by atoms with Gasteiger partial charge in [0, 0.05) is 26.6 Å². The Hall–Kier alpha value is -2.44. The molecule has 0 unspecified atom stereocenters. The third-order valence-corrected chi connectivity index (χ3v) is 9.79. The molecule has 1 N–H and O–H groups in total. The van der Waals surface area contributed by atoms with Crippen LogP contribution in [0.1, 0.15) is 63.8 Å². The van der Waals surface area contributed by atoms with Crippen molar-refractivity contribution in [2.45, 2.75) is 63.8 Å². The highest BCUT2D eigenvalue weighted by Gasteiger charge is 2.54. The quantitative estimate of drug-likeness (QED) is 0.330. The maximum absolute atomic E-state index is 14.0. The number of carbonyl (C=O) groups excluding carboxylic acids is 2. The lowest BCUT2D eigenvalue weighted by Crippen LogP contribution is -2.57. The van der Waals surface area contributed by atoms with Crippen molar-refractivity contribution >= 4 is 34.8 Å². The minimum Gasteiger partial charge on any atom is -0.349 e. The van der Waals surface area contributed by atoms with Crippen LogP contribution in [0.2, 0.25) is 0 Å². The summed E-state index contributed by atoms with van der Waals surface area (Å²) in [6.07, 6.45) is 6.58. The molecule has 6 heteroatoms. The number of thiophene rings is 1. The third kappa shape index (κ3) is 4.90. The van der Waals surface area contributed by atoms with Crippen molar-refractivity contribution in [1.82, 2.24) is 5.32 Å². The van der Waals surface area contributed by atoms with E-state index in [9.17, 15) is 14.0 Å². The van der Waals surface area contributed by atoms with Crippen LogP contribution >= 0.6 is 23.1 Å². The Balaban J connectivity index is 1.27. The van der Waals surface area contributed by atoms with Crippen molar-refractivity contribution in [3.63, 3.8) is 0 Å². The summed E-state index contributed by atoms with van der Waals surface area (Å²) in [5.41, 5.74) is 5.17. The number of benzene rings is 2. The van der Waals surface area contributed by atoms with Crippen molar-refractivity contribution in [3.8, 4) is 11.1 Å². The first-order valence-electron chi connectivity index (χ1n) is 12.5. The van der Waals surface area contributed by atoms with Crippen LogP contribution in [0.15, 0.2) is 47.4 Å². The van der Waals surface area contributed by atoms with E-state index in [4.69, 9.17) is 0 Å². The summed E-state index contributed by atoms with van der Waals surface area (Å²) in [4.78, 5) is 28.0. The van der Waals surface area contributed by atoms with Gasteiger partial charge in [-0.3, -0.25) is 9.59 Å². The SMILES string of the molecule is CSc1cc(F)cc(-c2ccc(Cc3c(C)sc(C)c3C(=O)NC3CC4(C3)CC(C(C)=O)C4)cc2)c1. The number of Topliss-reactive ketones (excluding diaryl/α,β-unsaturated/α-hetero) is 1. The molecule has 2 aliphatic carbocycles. The van der Waals surface area contributed by atoms with Crippen LogP contribution < -0.4 is 5.32 Å². The summed E-state index contributed by atoms with van der Waals surface area (Å²) in [5, 5.41) is 3.27. The first kappa shape index (κ1) is 25.2. The minimum atomic E-state index is -0.227. The van der Waals surface area contributed by atoms with Gasteiger partial charge in [0.15, 0.2) is 0 Å². The summed E-state index contributed by atoms with van der Waals surface area (Å²) in [7, 11) is 0. The largest absolute Gasteiger partial charge is 0.349 e. The van der Waals surface area contributed by atoms with Crippen LogP contribution in [-0.2, 0) is 11.2 Å². The van der Waals surface area contributed by atoms with Gasteiger partial charge in [0.25, 0.3) is 5.91 Å². The molecule has 188 valence electrons. The number of nitrogens with one attached hydrogen (secondary N) is 1. The summed E-state index contributed by atoms with van der Waals surface area (Å²) in [6.45, 7) is 5.80. The monoisotopic (exact) mass is 521 g/mol. The highest BCUT2D eigenvalue weighted by molar-refractivity contribution is 7.98. The Kier molecular flexibility index (Phi) is 6.86. The van der Waals surface area contributed by atoms with Gasteiger partial charge >= 0.3 is 0 Å². The van der Waals surface area contributed by atoms with E-state index in [2.05, 4.69) is 24.4 Å². The van der Waals surface area contributed by atoms with E-state index in [1.807, 2.05) is 31.4 Å². The molecule has 0 aliphatic heterocycles. The topological polar surface area (TPSA) is 46.2 Å². The minimum absolute atomic E-state index is 0.0233. The number of rotatable bonds is 7. The number of thioether (sulfide) groups is 1. The van der Waals surface area contributed by atoms with Gasteiger partial charge in [0.1, 0.15) is 11.6 Å². The second-order valence-corrected chi connectivity index (χ2v) is 12.9. The van der Waals surface area contributed by atoms with Crippen molar-refractivity contribution < 1.29 is 14.0 Å². The molecule has 36 heavy (non-hydrogen) atoms. The number of aryl methyl sites for hydroxylation is 2. The maximum atomic E-state index is 14.0. The molecule has 2 aromatic carbocycles. The van der Waals surface area contributed by atoms with Gasteiger partial charge in [0.05, 0.1) is 5.56 Å². The van der Waals surface area contributed by atoms with Crippen molar-refractivity contribution in [2.75, 3.05) is 6.26 Å². The molecule has 0 saturated heterocycles. The Morgan fingerprint density at radius 2 is 1.72 bits per heavy atom. The zero-order chi connectivity index (χ0) is 25.6. The number of ketones is 1. The second kappa shape index (κ2) is 9.79. The average Bonchev–Trinajstić information content (AvgIpc) is 3.06. The Morgan fingerprint density at radius 1 is 1.03 bits per heavy atom. The Bertz CT molecular complexity index is 1310. The van der Waals surface area contributed by atoms with E-state index in [-0.39, 0.29) is 29.1 Å². The molecule has 1 amide bonds. The molecule has 5 rings (SSSR count). The molecule has 0 atom stereocenters. The fraction of sp³-hybridized carbons (Fsp3) is 0.400. The van der Waals surface area contributed by atoms with Gasteiger partial charge < -0.3 is 5.32 Å². The summed E-state index contributed by atoms with van der Waals surface area (Å²) >= 11 is 3.21. The van der Waals surface area contributed by atoms with Crippen LogP contribution in [0.4, 0.5) is 4.39 Å². The second-order valence-electron chi connectivity index (χ2n) is 10.6. The van der Waals surface area contributed by atoms with Crippen LogP contribution in [0, 0.1) is 31.0 Å². The molecule has 2 saturated carbocycles. The summed E-state index contributed by atoms with van der Waals surface area (Å²) in [6, 6.07) is 13.5. The molecular formula is C30H32FNO2S2. The molecule has 1 spiro atoms. The fourth-order valence-electron chi connectivity index (χ4n) is 6.06. The van der Waals surface area contributed by atoms with E-state index in [1.54, 1.807) is 30.4 Å². The summed E-state index contributed by atoms with van der Waals surface area (Å²) in [5.74, 6) is 0.329. The molecular weight excluding hydrogens is 489 g/mol. The van der Waals surface area contributed by atoms with Gasteiger partial charge in [-0.25, -0.2) is 4.39 Å². The zero-order valence-electron chi connectivity index (χ0n) is 21.2. The normalized spacial score (nSPS) is 22.7. The number of carbonyl (C=O) groups is 2. The lowest BCUT2D eigenvalue weighted by molar-refractivity contribution is -0.134. The molecule has 2 aliphatic rings. The van der Waals surface area contributed by atoms with Crippen LogP contribution in [0.5, 0.6) is 0 Å². The van der Waals surface area contributed by atoms with Crippen molar-refractivity contribution in [2.24, 2.45) is 11.3 Å². The molecule has 3 nitrogen and oxygen atoms in total. The lowest BCUT2D eigenvalue weighted by atomic mass is 9.49. The first-order chi connectivity index (χ1) is 17.2. The summed E-state index contributed by atoms with van der Waals surface area (Å²) < 4.78 is 14.0. The predicted octanol–water partition coefficient (Wildman–Crippen LogP) is 7.36. The zero-order valence-corrected chi connectivity index (χ0v) is 22.9. The van der Waals surface area contributed by atoms with E-state index in [0.29, 0.717) is 12.2 Å². The number of hydrogen-bond donors (Lipinski definition) is 1. The standard InChI is InChI=1S/C30H32FNO2S2/c1-17(33)23-13-30(14-23)15-25(16-30)32-29(34)28-19(3)36-18(2)27(28)9-20-5-7-21(8-6-20)22-10-24(31)12-26(11-22)35-4/h5-8,10-12,23,25H,9,13-16H2,1-4H3,(H,32,34). The van der Waals surface area contributed by atoms with Crippen LogP contribution in [0.25, 0.3) is 11.1 Å². The Morgan fingerprint density at radius 3 is 2.36 bits per heavy atom. The molecule has 2 fully saturated rings. The smallest absolute Gasteiger partial charge is 0.252 e. The lowest BCUT2D eigenvalue weighted by Gasteiger charge is -2.57. The fourth-order valence-corrected chi connectivity index (χ4v) is 7.61. The van der Waals surface area contributed by atoms with E-state index < -0.39 is 0 Å². The van der Waals surface area contributed by atoms with E-state index in [0.717, 1.165) is 63.3 Å². The highest BCUT2D eigenvalue weighted by atomic mass is 32.2. The van der Waals surface area contributed by atoms with E-state index >= 15 is 0 Å². The van der Waals surface area contributed by atoms with Crippen molar-refractivity contribution in [1.29, 1.82) is 0 Å². The van der Waals surface area contributed by atoms with E-state index in [1.165, 1.54) is 16.6 Å².